The van der Waals surface area contributed by atoms with Crippen LogP contribution in [0.3, 0.4) is 0 Å². The van der Waals surface area contributed by atoms with Crippen LogP contribution >= 0.6 is 0 Å². The number of nitrogens with two attached hydrogens (primary N) is 1. The largest absolute Gasteiger partial charge is 0.326 e. The summed E-state index contributed by atoms with van der Waals surface area (Å²) in [5.41, 5.74) is 6.08. The first-order chi connectivity index (χ1) is 7.48. The van der Waals surface area contributed by atoms with Crippen LogP contribution in [-0.2, 0) is 16.8 Å². The van der Waals surface area contributed by atoms with E-state index in [-0.39, 0.29) is 18.8 Å². The Morgan fingerprint density at radius 1 is 1.44 bits per heavy atom. The predicted octanol–water partition coefficient (Wildman–Crippen LogP) is 0.551. The normalized spacial score (nSPS) is 11.4. The van der Waals surface area contributed by atoms with E-state index >= 15 is 0 Å². The molecule has 0 aliphatic heterocycles. The molecule has 0 saturated heterocycles. The maximum atomic E-state index is 12.9. The van der Waals surface area contributed by atoms with Gasteiger partial charge in [-0.15, -0.1) is 0 Å². The lowest BCUT2D eigenvalue weighted by atomic mass is 10.2. The fraction of sp³-hybridized carbons (Fsp3) is 0.333. The number of anilines is 1. The Bertz CT molecular complexity index is 462. The van der Waals surface area contributed by atoms with Crippen LogP contribution in [0.1, 0.15) is 12.5 Å². The third-order valence-electron chi connectivity index (χ3n) is 1.87. The minimum Gasteiger partial charge on any atom is -0.326 e. The Morgan fingerprint density at radius 2 is 2.12 bits per heavy atom. The van der Waals surface area contributed by atoms with Gasteiger partial charge in [-0.1, -0.05) is 6.92 Å². The van der Waals surface area contributed by atoms with Gasteiger partial charge < -0.3 is 5.73 Å². The zero-order chi connectivity index (χ0) is 12.2. The van der Waals surface area contributed by atoms with Crippen LogP contribution in [0.5, 0.6) is 0 Å². The smallest absolute Gasteiger partial charge is 0.299 e. The van der Waals surface area contributed by atoms with E-state index in [1.807, 2.05) is 0 Å². The van der Waals surface area contributed by atoms with Crippen LogP contribution < -0.4 is 15.2 Å². The van der Waals surface area contributed by atoms with E-state index in [9.17, 15) is 12.8 Å². The lowest BCUT2D eigenvalue weighted by Gasteiger charge is -2.11. The van der Waals surface area contributed by atoms with Gasteiger partial charge in [-0.3, -0.25) is 4.72 Å². The summed E-state index contributed by atoms with van der Waals surface area (Å²) < 4.78 is 40.2. The molecule has 0 bridgehead atoms. The van der Waals surface area contributed by atoms with Crippen molar-refractivity contribution in [2.45, 2.75) is 13.5 Å². The van der Waals surface area contributed by atoms with Gasteiger partial charge in [-0.05, 0) is 23.8 Å². The molecule has 0 spiro atoms. The standard InChI is InChI=1S/C9H14FN3O2S/c1-2-12-16(14,15)13-9-4-3-8(10)5-7(9)6-11/h3-5,12-13H,2,6,11H2,1H3. The SMILES string of the molecule is CCNS(=O)(=O)Nc1ccc(F)cc1CN. The molecule has 1 rings (SSSR count). The molecule has 1 aromatic carbocycles. The molecule has 0 saturated carbocycles. The maximum absolute atomic E-state index is 12.9. The van der Waals surface area contributed by atoms with Gasteiger partial charge >= 0.3 is 0 Å². The highest BCUT2D eigenvalue weighted by Gasteiger charge is 2.11. The summed E-state index contributed by atoms with van der Waals surface area (Å²) in [6.07, 6.45) is 0. The highest BCUT2D eigenvalue weighted by molar-refractivity contribution is 7.90. The summed E-state index contributed by atoms with van der Waals surface area (Å²) in [7, 11) is -3.61. The van der Waals surface area contributed by atoms with Crippen LogP contribution in [0.15, 0.2) is 18.2 Å². The van der Waals surface area contributed by atoms with Gasteiger partial charge in [-0.2, -0.15) is 13.1 Å². The molecule has 16 heavy (non-hydrogen) atoms. The van der Waals surface area contributed by atoms with Gasteiger partial charge in [-0.25, -0.2) is 4.39 Å². The number of halogens is 1. The molecule has 0 atom stereocenters. The van der Waals surface area contributed by atoms with Crippen molar-refractivity contribution in [1.29, 1.82) is 0 Å². The molecule has 1 aromatic rings. The Balaban J connectivity index is 2.97. The van der Waals surface area contributed by atoms with Gasteiger partial charge in [0.25, 0.3) is 10.2 Å². The maximum Gasteiger partial charge on any atom is 0.299 e. The summed E-state index contributed by atoms with van der Waals surface area (Å²) >= 11 is 0. The Labute approximate surface area is 94.0 Å². The van der Waals surface area contributed by atoms with E-state index in [1.54, 1.807) is 6.92 Å². The first-order valence-corrected chi connectivity index (χ1v) is 6.22. The summed E-state index contributed by atoms with van der Waals surface area (Å²) in [6, 6.07) is 3.71. The van der Waals surface area contributed by atoms with Crippen molar-refractivity contribution < 1.29 is 12.8 Å². The Kier molecular flexibility index (Phi) is 4.22. The highest BCUT2D eigenvalue weighted by Crippen LogP contribution is 2.17. The molecular formula is C9H14FN3O2S. The molecule has 7 heteroatoms. The summed E-state index contributed by atoms with van der Waals surface area (Å²) in [4.78, 5) is 0. The molecule has 0 heterocycles. The average molecular weight is 247 g/mol. The van der Waals surface area contributed by atoms with Crippen molar-refractivity contribution in [2.24, 2.45) is 5.73 Å². The molecule has 0 aromatic heterocycles. The number of hydrogen-bond acceptors (Lipinski definition) is 3. The zero-order valence-corrected chi connectivity index (χ0v) is 9.64. The van der Waals surface area contributed by atoms with Gasteiger partial charge in [0.05, 0.1) is 5.69 Å². The van der Waals surface area contributed by atoms with Gasteiger partial charge in [0.2, 0.25) is 0 Å². The summed E-state index contributed by atoms with van der Waals surface area (Å²) in [6.45, 7) is 1.99. The molecule has 4 N–H and O–H groups in total. The molecular weight excluding hydrogens is 233 g/mol. The number of benzene rings is 1. The van der Waals surface area contributed by atoms with Crippen LogP contribution in [0.2, 0.25) is 0 Å². The van der Waals surface area contributed by atoms with Crippen molar-refractivity contribution in [3.63, 3.8) is 0 Å². The van der Waals surface area contributed by atoms with Gasteiger partial charge in [0.1, 0.15) is 5.82 Å². The fourth-order valence-corrected chi connectivity index (χ4v) is 2.14. The first-order valence-electron chi connectivity index (χ1n) is 4.74. The Hall–Kier alpha value is -1.18. The summed E-state index contributed by atoms with van der Waals surface area (Å²) in [5, 5.41) is 0. The van der Waals surface area contributed by atoms with Crippen molar-refractivity contribution in [1.82, 2.24) is 4.72 Å². The van der Waals surface area contributed by atoms with Crippen LogP contribution in [0.4, 0.5) is 10.1 Å². The third-order valence-corrected chi connectivity index (χ3v) is 3.02. The second-order valence-corrected chi connectivity index (χ2v) is 4.61. The minimum absolute atomic E-state index is 0.0573. The monoisotopic (exact) mass is 247 g/mol. The number of hydrogen-bond donors (Lipinski definition) is 3. The number of nitrogens with one attached hydrogen (secondary N) is 2. The van der Waals surface area contributed by atoms with E-state index in [0.29, 0.717) is 5.56 Å². The van der Waals surface area contributed by atoms with Crippen LogP contribution in [-0.4, -0.2) is 15.0 Å². The topological polar surface area (TPSA) is 84.2 Å². The van der Waals surface area contributed by atoms with E-state index in [0.717, 1.165) is 0 Å². The summed E-state index contributed by atoms with van der Waals surface area (Å²) in [5.74, 6) is -0.452. The molecule has 5 nitrogen and oxygen atoms in total. The predicted molar refractivity (Wildman–Crippen MR) is 60.5 cm³/mol. The number of rotatable bonds is 5. The molecule has 0 radical (unpaired) electrons. The third kappa shape index (κ3) is 3.44. The van der Waals surface area contributed by atoms with Gasteiger partial charge in [0, 0.05) is 13.1 Å². The first kappa shape index (κ1) is 12.9. The molecule has 0 amide bonds. The molecule has 0 fully saturated rings. The minimum atomic E-state index is -3.61. The van der Waals surface area contributed by atoms with E-state index in [1.165, 1.54) is 18.2 Å². The molecule has 0 unspecified atom stereocenters. The van der Waals surface area contributed by atoms with Crippen molar-refractivity contribution >= 4 is 15.9 Å². The van der Waals surface area contributed by atoms with Crippen LogP contribution in [0.25, 0.3) is 0 Å². The van der Waals surface area contributed by atoms with Gasteiger partial charge in [0.15, 0.2) is 0 Å². The second kappa shape index (κ2) is 5.24. The van der Waals surface area contributed by atoms with E-state index in [4.69, 9.17) is 5.73 Å². The Morgan fingerprint density at radius 3 is 2.69 bits per heavy atom. The van der Waals surface area contributed by atoms with Crippen molar-refractivity contribution in [3.05, 3.63) is 29.6 Å². The zero-order valence-electron chi connectivity index (χ0n) is 8.83. The lowest BCUT2D eigenvalue weighted by molar-refractivity contribution is 0.589. The van der Waals surface area contributed by atoms with Crippen molar-refractivity contribution in [3.8, 4) is 0 Å². The average Bonchev–Trinajstić information content (AvgIpc) is 2.20. The highest BCUT2D eigenvalue weighted by atomic mass is 32.2. The van der Waals surface area contributed by atoms with Crippen LogP contribution in [0, 0.1) is 5.82 Å². The molecule has 0 aliphatic carbocycles. The molecule has 0 aliphatic rings. The second-order valence-electron chi connectivity index (χ2n) is 3.11. The van der Waals surface area contributed by atoms with E-state index < -0.39 is 16.0 Å². The quantitative estimate of drug-likeness (QED) is 0.710. The fourth-order valence-electron chi connectivity index (χ4n) is 1.20. The van der Waals surface area contributed by atoms with E-state index in [2.05, 4.69) is 9.44 Å². The molecule has 90 valence electrons. The van der Waals surface area contributed by atoms with Crippen molar-refractivity contribution in [2.75, 3.05) is 11.3 Å². The lowest BCUT2D eigenvalue weighted by Crippen LogP contribution is -2.30.